The number of rotatable bonds is 7. The van der Waals surface area contributed by atoms with Gasteiger partial charge in [-0.25, -0.2) is 4.79 Å². The molecule has 0 radical (unpaired) electrons. The first-order chi connectivity index (χ1) is 11.0. The number of methoxy groups -OCH3 is 2. The lowest BCUT2D eigenvalue weighted by molar-refractivity contribution is -0.0839. The minimum absolute atomic E-state index is 0.198. The van der Waals surface area contributed by atoms with Crippen LogP contribution in [0.4, 0.5) is 0 Å². The fraction of sp³-hybridized carbons (Fsp3) is 0.733. The monoisotopic (exact) mass is 328 g/mol. The van der Waals surface area contributed by atoms with Gasteiger partial charge in [0.05, 0.1) is 19.3 Å². The molecule has 1 aliphatic rings. The Hall–Kier alpha value is -1.48. The van der Waals surface area contributed by atoms with Crippen LogP contribution in [0.2, 0.25) is 0 Å². The smallest absolute Gasteiger partial charge is 0.330 e. The summed E-state index contributed by atoms with van der Waals surface area (Å²) in [6.07, 6.45) is 0.574. The molecule has 1 saturated heterocycles. The van der Waals surface area contributed by atoms with E-state index >= 15 is 0 Å². The number of aromatic amines is 1. The van der Waals surface area contributed by atoms with Crippen LogP contribution in [0.1, 0.15) is 25.1 Å². The van der Waals surface area contributed by atoms with E-state index in [9.17, 15) is 9.59 Å². The van der Waals surface area contributed by atoms with Crippen molar-refractivity contribution in [3.05, 3.63) is 32.6 Å². The topological polar surface area (TPSA) is 91.8 Å². The Morgan fingerprint density at radius 2 is 2.00 bits per heavy atom. The third-order valence-electron chi connectivity index (χ3n) is 3.98. The predicted octanol–water partition coefficient (Wildman–Crippen LogP) is 0.199. The first-order valence-electron chi connectivity index (χ1n) is 7.64. The van der Waals surface area contributed by atoms with E-state index in [1.54, 1.807) is 21.1 Å². The highest BCUT2D eigenvalue weighted by Gasteiger charge is 2.46. The van der Waals surface area contributed by atoms with Crippen LogP contribution in [0.3, 0.4) is 0 Å². The Morgan fingerprint density at radius 1 is 1.26 bits per heavy atom. The normalized spacial score (nSPS) is 27.5. The van der Waals surface area contributed by atoms with Gasteiger partial charge in [0, 0.05) is 26.0 Å². The summed E-state index contributed by atoms with van der Waals surface area (Å²) in [6.45, 7) is 4.40. The quantitative estimate of drug-likeness (QED) is 0.719. The van der Waals surface area contributed by atoms with E-state index in [1.807, 2.05) is 6.92 Å². The van der Waals surface area contributed by atoms with E-state index in [-0.39, 0.29) is 12.2 Å². The third kappa shape index (κ3) is 3.72. The summed E-state index contributed by atoms with van der Waals surface area (Å²) in [4.78, 5) is 26.0. The number of ether oxygens (including phenoxy) is 4. The van der Waals surface area contributed by atoms with Gasteiger partial charge in [-0.15, -0.1) is 0 Å². The molecule has 1 N–H and O–H groups in total. The lowest BCUT2D eigenvalue weighted by Gasteiger charge is -2.24. The zero-order chi connectivity index (χ0) is 17.0. The Balaban J connectivity index is 2.35. The highest BCUT2D eigenvalue weighted by Crippen LogP contribution is 2.33. The number of nitrogens with zero attached hydrogens (tertiary/aromatic N) is 1. The van der Waals surface area contributed by atoms with Gasteiger partial charge in [0.1, 0.15) is 12.2 Å². The second-order valence-electron chi connectivity index (χ2n) is 5.48. The molecule has 0 saturated carbocycles. The Kier molecular flexibility index (Phi) is 6.11. The molecule has 4 atom stereocenters. The van der Waals surface area contributed by atoms with E-state index in [0.29, 0.717) is 18.8 Å². The molecule has 0 amide bonds. The molecule has 0 aliphatic carbocycles. The maximum atomic E-state index is 12.2. The average Bonchev–Trinajstić information content (AvgIpc) is 2.88. The summed E-state index contributed by atoms with van der Waals surface area (Å²) >= 11 is 0. The van der Waals surface area contributed by atoms with E-state index in [0.717, 1.165) is 6.42 Å². The highest BCUT2D eigenvalue weighted by molar-refractivity contribution is 5.03. The van der Waals surface area contributed by atoms with E-state index in [4.69, 9.17) is 18.9 Å². The van der Waals surface area contributed by atoms with Crippen molar-refractivity contribution in [3.8, 4) is 0 Å². The van der Waals surface area contributed by atoms with Gasteiger partial charge in [-0.05, 0) is 13.3 Å². The molecule has 1 unspecified atom stereocenters. The molecule has 0 spiro atoms. The van der Waals surface area contributed by atoms with Crippen molar-refractivity contribution in [1.82, 2.24) is 9.55 Å². The molecular formula is C15H24N2O6. The standard InChI is InChI=1S/C15H24N2O6/c1-5-10-11(21-4)12(22-7-6-20-3)14(23-10)17-8-9(2)13(18)16-15(17)19/h8,10-12,14H,5-7H2,1-4H3,(H,16,18,19)/t10-,11+,12?,14+/m1/s1. The summed E-state index contributed by atoms with van der Waals surface area (Å²) in [5.41, 5.74) is -0.508. The maximum absolute atomic E-state index is 12.2. The van der Waals surface area contributed by atoms with Crippen molar-refractivity contribution >= 4 is 0 Å². The summed E-state index contributed by atoms with van der Waals surface area (Å²) in [5, 5.41) is 0. The van der Waals surface area contributed by atoms with Crippen LogP contribution in [0.5, 0.6) is 0 Å². The van der Waals surface area contributed by atoms with Crippen LogP contribution < -0.4 is 11.2 Å². The second-order valence-corrected chi connectivity index (χ2v) is 5.48. The van der Waals surface area contributed by atoms with Crippen LogP contribution in [-0.4, -0.2) is 55.3 Å². The molecule has 2 heterocycles. The zero-order valence-corrected chi connectivity index (χ0v) is 13.9. The van der Waals surface area contributed by atoms with E-state index < -0.39 is 23.6 Å². The molecule has 130 valence electrons. The molecule has 1 aromatic heterocycles. The van der Waals surface area contributed by atoms with Gasteiger partial charge in [-0.2, -0.15) is 0 Å². The first-order valence-corrected chi connectivity index (χ1v) is 7.64. The van der Waals surface area contributed by atoms with Crippen molar-refractivity contribution in [2.24, 2.45) is 0 Å². The average molecular weight is 328 g/mol. The van der Waals surface area contributed by atoms with Crippen molar-refractivity contribution in [1.29, 1.82) is 0 Å². The van der Waals surface area contributed by atoms with E-state index in [2.05, 4.69) is 4.98 Å². The van der Waals surface area contributed by atoms with Gasteiger partial charge in [0.15, 0.2) is 6.23 Å². The van der Waals surface area contributed by atoms with Gasteiger partial charge < -0.3 is 18.9 Å². The van der Waals surface area contributed by atoms with E-state index in [1.165, 1.54) is 10.8 Å². The number of hydrogen-bond acceptors (Lipinski definition) is 6. The minimum atomic E-state index is -0.662. The fourth-order valence-electron chi connectivity index (χ4n) is 2.77. The Morgan fingerprint density at radius 3 is 2.61 bits per heavy atom. The molecular weight excluding hydrogens is 304 g/mol. The number of aromatic nitrogens is 2. The first kappa shape index (κ1) is 17.9. The van der Waals surface area contributed by atoms with Crippen molar-refractivity contribution in [2.45, 2.75) is 44.8 Å². The van der Waals surface area contributed by atoms with Crippen molar-refractivity contribution in [2.75, 3.05) is 27.4 Å². The Bertz CT molecular complexity index is 625. The maximum Gasteiger partial charge on any atom is 0.330 e. The molecule has 2 rings (SSSR count). The van der Waals surface area contributed by atoms with Crippen LogP contribution in [0, 0.1) is 6.92 Å². The summed E-state index contributed by atoms with van der Waals surface area (Å²) < 4.78 is 23.7. The number of nitrogens with one attached hydrogen (secondary N) is 1. The van der Waals surface area contributed by atoms with Crippen LogP contribution in [0.15, 0.2) is 15.8 Å². The van der Waals surface area contributed by atoms with Crippen molar-refractivity contribution in [3.63, 3.8) is 0 Å². The SMILES string of the molecule is CC[C@H]1O[C@H](n2cc(C)c(=O)[nH]c2=O)C(OCCOC)[C@H]1OC. The molecule has 0 bridgehead atoms. The predicted molar refractivity (Wildman–Crippen MR) is 82.7 cm³/mol. The molecule has 23 heavy (non-hydrogen) atoms. The highest BCUT2D eigenvalue weighted by atomic mass is 16.6. The van der Waals surface area contributed by atoms with Crippen LogP contribution in [-0.2, 0) is 18.9 Å². The fourth-order valence-corrected chi connectivity index (χ4v) is 2.77. The zero-order valence-electron chi connectivity index (χ0n) is 13.9. The third-order valence-corrected chi connectivity index (χ3v) is 3.98. The number of H-pyrrole nitrogens is 1. The molecule has 1 aliphatic heterocycles. The molecule has 8 nitrogen and oxygen atoms in total. The molecule has 1 fully saturated rings. The van der Waals surface area contributed by atoms with Gasteiger partial charge in [0.2, 0.25) is 0 Å². The van der Waals surface area contributed by atoms with Crippen molar-refractivity contribution < 1.29 is 18.9 Å². The van der Waals surface area contributed by atoms with Gasteiger partial charge in [-0.3, -0.25) is 14.3 Å². The summed E-state index contributed by atoms with van der Waals surface area (Å²) in [5.74, 6) is 0. The molecule has 0 aromatic carbocycles. The largest absolute Gasteiger partial charge is 0.382 e. The lowest BCUT2D eigenvalue weighted by Crippen LogP contribution is -2.40. The molecule has 8 heteroatoms. The Labute approximate surface area is 134 Å². The second kappa shape index (κ2) is 7.87. The summed E-state index contributed by atoms with van der Waals surface area (Å²) in [6, 6.07) is 0. The van der Waals surface area contributed by atoms with Gasteiger partial charge in [0.25, 0.3) is 5.56 Å². The molecule has 1 aromatic rings. The van der Waals surface area contributed by atoms with Crippen LogP contribution >= 0.6 is 0 Å². The summed E-state index contributed by atoms with van der Waals surface area (Å²) in [7, 11) is 3.18. The lowest BCUT2D eigenvalue weighted by atomic mass is 10.1. The minimum Gasteiger partial charge on any atom is -0.382 e. The van der Waals surface area contributed by atoms with Gasteiger partial charge in [-0.1, -0.05) is 6.92 Å². The van der Waals surface area contributed by atoms with Crippen LogP contribution in [0.25, 0.3) is 0 Å². The number of aryl methyl sites for hydroxylation is 1. The number of hydrogen-bond donors (Lipinski definition) is 1. The van der Waals surface area contributed by atoms with Gasteiger partial charge >= 0.3 is 5.69 Å².